The first kappa shape index (κ1) is 25.6. The van der Waals surface area contributed by atoms with Gasteiger partial charge in [-0.2, -0.15) is 13.2 Å². The van der Waals surface area contributed by atoms with Gasteiger partial charge < -0.3 is 20.1 Å². The molecule has 1 aromatic carbocycles. The fraction of sp³-hybridized carbons (Fsp3) is 0.632. The van der Waals surface area contributed by atoms with Crippen molar-refractivity contribution in [2.75, 3.05) is 39.8 Å². The highest BCUT2D eigenvalue weighted by Gasteiger charge is 2.34. The third-order valence-corrected chi connectivity index (χ3v) is 4.25. The van der Waals surface area contributed by atoms with E-state index in [1.54, 1.807) is 13.2 Å². The van der Waals surface area contributed by atoms with E-state index in [0.29, 0.717) is 50.1 Å². The van der Waals surface area contributed by atoms with Crippen LogP contribution < -0.4 is 20.1 Å². The summed E-state index contributed by atoms with van der Waals surface area (Å²) in [5.74, 6) is 1.99. The van der Waals surface area contributed by atoms with E-state index in [4.69, 9.17) is 9.47 Å². The Bertz CT molecular complexity index is 646. The molecule has 166 valence electrons. The summed E-state index contributed by atoms with van der Waals surface area (Å²) < 4.78 is 48.6. The second-order valence-electron chi connectivity index (χ2n) is 6.81. The van der Waals surface area contributed by atoms with Crippen molar-refractivity contribution in [1.29, 1.82) is 0 Å². The SMILES string of the molecule is CCNC(=NCC(C)Oc1cccc(OC)c1)NC1CCN(CC(F)(F)F)C1.I. The van der Waals surface area contributed by atoms with Crippen LogP contribution in [0.5, 0.6) is 11.5 Å². The van der Waals surface area contributed by atoms with Crippen LogP contribution in [0, 0.1) is 0 Å². The van der Waals surface area contributed by atoms with Gasteiger partial charge in [0, 0.05) is 31.7 Å². The average molecular weight is 530 g/mol. The minimum absolute atomic E-state index is 0. The number of benzene rings is 1. The standard InChI is InChI=1S/C19H29F3N4O2.HI/c1-4-23-18(25-15-8-9-26(12-15)13-19(20,21)22)24-11-14(2)28-17-7-5-6-16(10-17)27-3;/h5-7,10,14-15H,4,8-9,11-13H2,1-3H3,(H2,23,24,25);1H. The van der Waals surface area contributed by atoms with Gasteiger partial charge in [0.05, 0.1) is 20.2 Å². The van der Waals surface area contributed by atoms with Gasteiger partial charge in [-0.3, -0.25) is 4.90 Å². The van der Waals surface area contributed by atoms with Crippen LogP contribution in [-0.4, -0.2) is 69.0 Å². The minimum Gasteiger partial charge on any atom is -0.497 e. The number of nitrogens with zero attached hydrogens (tertiary/aromatic N) is 2. The molecule has 2 rings (SSSR count). The number of alkyl halides is 3. The average Bonchev–Trinajstić information content (AvgIpc) is 3.05. The molecule has 1 aromatic rings. The molecular formula is C19H30F3IN4O2. The maximum atomic E-state index is 12.5. The van der Waals surface area contributed by atoms with Crippen molar-refractivity contribution in [3.63, 3.8) is 0 Å². The van der Waals surface area contributed by atoms with Gasteiger partial charge in [-0.25, -0.2) is 4.99 Å². The molecule has 1 heterocycles. The number of rotatable bonds is 8. The van der Waals surface area contributed by atoms with Crippen LogP contribution in [0.3, 0.4) is 0 Å². The Hall–Kier alpha value is -1.43. The van der Waals surface area contributed by atoms with Crippen molar-refractivity contribution in [3.05, 3.63) is 24.3 Å². The minimum atomic E-state index is -4.17. The number of hydrogen-bond donors (Lipinski definition) is 2. The van der Waals surface area contributed by atoms with Crippen molar-refractivity contribution >= 4 is 29.9 Å². The molecule has 29 heavy (non-hydrogen) atoms. The van der Waals surface area contributed by atoms with Gasteiger partial charge in [0.2, 0.25) is 0 Å². The molecule has 0 saturated carbocycles. The van der Waals surface area contributed by atoms with Crippen molar-refractivity contribution in [2.45, 2.75) is 38.6 Å². The summed E-state index contributed by atoms with van der Waals surface area (Å²) in [6.45, 7) is 4.82. The molecule has 2 unspecified atom stereocenters. The predicted molar refractivity (Wildman–Crippen MR) is 119 cm³/mol. The van der Waals surface area contributed by atoms with Gasteiger partial charge in [-0.1, -0.05) is 6.07 Å². The molecule has 1 saturated heterocycles. The first-order valence-corrected chi connectivity index (χ1v) is 9.43. The van der Waals surface area contributed by atoms with Gasteiger partial charge in [0.25, 0.3) is 0 Å². The Morgan fingerprint density at radius 3 is 2.72 bits per heavy atom. The van der Waals surface area contributed by atoms with E-state index in [9.17, 15) is 13.2 Å². The summed E-state index contributed by atoms with van der Waals surface area (Å²) in [5.41, 5.74) is 0. The largest absolute Gasteiger partial charge is 0.497 e. The molecule has 0 spiro atoms. The van der Waals surface area contributed by atoms with Crippen molar-refractivity contribution < 1.29 is 22.6 Å². The summed E-state index contributed by atoms with van der Waals surface area (Å²) in [4.78, 5) is 5.93. The number of likely N-dealkylation sites (tertiary alicyclic amines) is 1. The van der Waals surface area contributed by atoms with Crippen molar-refractivity contribution in [3.8, 4) is 11.5 Å². The topological polar surface area (TPSA) is 58.1 Å². The first-order valence-electron chi connectivity index (χ1n) is 9.43. The zero-order valence-electron chi connectivity index (χ0n) is 17.0. The van der Waals surface area contributed by atoms with Gasteiger partial charge in [-0.05, 0) is 32.4 Å². The highest BCUT2D eigenvalue weighted by Crippen LogP contribution is 2.21. The van der Waals surface area contributed by atoms with Gasteiger partial charge in [0.1, 0.15) is 17.6 Å². The molecule has 6 nitrogen and oxygen atoms in total. The lowest BCUT2D eigenvalue weighted by Gasteiger charge is -2.20. The van der Waals surface area contributed by atoms with E-state index in [-0.39, 0.29) is 36.1 Å². The summed E-state index contributed by atoms with van der Waals surface area (Å²) in [6, 6.07) is 7.28. The number of ether oxygens (including phenoxy) is 2. The Labute approximate surface area is 187 Å². The number of aliphatic imine (C=N–C) groups is 1. The molecule has 1 aliphatic heterocycles. The van der Waals surface area contributed by atoms with E-state index < -0.39 is 12.7 Å². The second kappa shape index (κ2) is 12.3. The summed E-state index contributed by atoms with van der Waals surface area (Å²) in [5, 5.41) is 6.36. The van der Waals surface area contributed by atoms with E-state index in [1.807, 2.05) is 32.0 Å². The molecule has 0 radical (unpaired) electrons. The normalized spacial score (nSPS) is 18.7. The van der Waals surface area contributed by atoms with Gasteiger partial charge >= 0.3 is 6.18 Å². The van der Waals surface area contributed by atoms with E-state index in [1.165, 1.54) is 4.90 Å². The van der Waals surface area contributed by atoms with E-state index >= 15 is 0 Å². The van der Waals surface area contributed by atoms with Crippen LogP contribution in [-0.2, 0) is 0 Å². The molecule has 1 fully saturated rings. The number of halogens is 4. The zero-order valence-corrected chi connectivity index (χ0v) is 19.3. The van der Waals surface area contributed by atoms with Crippen LogP contribution in [0.4, 0.5) is 13.2 Å². The molecule has 0 aliphatic carbocycles. The lowest BCUT2D eigenvalue weighted by atomic mass is 10.3. The van der Waals surface area contributed by atoms with Crippen LogP contribution in [0.25, 0.3) is 0 Å². The van der Waals surface area contributed by atoms with E-state index in [2.05, 4.69) is 15.6 Å². The molecule has 0 amide bonds. The smallest absolute Gasteiger partial charge is 0.401 e. The van der Waals surface area contributed by atoms with Crippen molar-refractivity contribution in [1.82, 2.24) is 15.5 Å². The number of guanidine groups is 1. The molecule has 2 atom stereocenters. The summed E-state index contributed by atoms with van der Waals surface area (Å²) in [7, 11) is 1.60. The molecule has 10 heteroatoms. The number of nitrogens with one attached hydrogen (secondary N) is 2. The van der Waals surface area contributed by atoms with Gasteiger partial charge in [0.15, 0.2) is 5.96 Å². The molecule has 0 aromatic heterocycles. The summed E-state index contributed by atoms with van der Waals surface area (Å²) in [6.07, 6.45) is -3.69. The lowest BCUT2D eigenvalue weighted by molar-refractivity contribution is -0.143. The second-order valence-corrected chi connectivity index (χ2v) is 6.81. The van der Waals surface area contributed by atoms with Crippen LogP contribution in [0.15, 0.2) is 29.3 Å². The zero-order chi connectivity index (χ0) is 20.6. The highest BCUT2D eigenvalue weighted by molar-refractivity contribution is 14.0. The molecular weight excluding hydrogens is 500 g/mol. The third kappa shape index (κ3) is 9.75. The fourth-order valence-corrected chi connectivity index (χ4v) is 3.02. The van der Waals surface area contributed by atoms with Crippen LogP contribution in [0.1, 0.15) is 20.3 Å². The fourth-order valence-electron chi connectivity index (χ4n) is 3.02. The van der Waals surface area contributed by atoms with Crippen molar-refractivity contribution in [2.24, 2.45) is 4.99 Å². The number of methoxy groups -OCH3 is 1. The monoisotopic (exact) mass is 530 g/mol. The maximum absolute atomic E-state index is 12.5. The molecule has 1 aliphatic rings. The Kier molecular flexibility index (Phi) is 10.9. The quantitative estimate of drug-likeness (QED) is 0.307. The lowest BCUT2D eigenvalue weighted by Crippen LogP contribution is -2.45. The predicted octanol–water partition coefficient (Wildman–Crippen LogP) is 3.27. The molecule has 2 N–H and O–H groups in total. The maximum Gasteiger partial charge on any atom is 0.401 e. The Morgan fingerprint density at radius 1 is 1.34 bits per heavy atom. The Balaban J connectivity index is 0.00000420. The number of hydrogen-bond acceptors (Lipinski definition) is 4. The Morgan fingerprint density at radius 2 is 2.07 bits per heavy atom. The first-order chi connectivity index (χ1) is 13.3. The third-order valence-electron chi connectivity index (χ3n) is 4.25. The molecule has 0 bridgehead atoms. The van der Waals surface area contributed by atoms with Crippen LogP contribution >= 0.6 is 24.0 Å². The van der Waals surface area contributed by atoms with Crippen LogP contribution in [0.2, 0.25) is 0 Å². The van der Waals surface area contributed by atoms with Gasteiger partial charge in [-0.15, -0.1) is 24.0 Å². The highest BCUT2D eigenvalue weighted by atomic mass is 127. The summed E-state index contributed by atoms with van der Waals surface area (Å²) >= 11 is 0. The van der Waals surface area contributed by atoms with E-state index in [0.717, 1.165) is 0 Å².